The first kappa shape index (κ1) is 13.2. The highest BCUT2D eigenvalue weighted by atomic mass is 35.5. The topological polar surface area (TPSA) is 39.1 Å². The van der Waals surface area contributed by atoms with Crippen molar-refractivity contribution < 1.29 is 0 Å². The molecule has 0 saturated carbocycles. The number of anilines is 1. The van der Waals surface area contributed by atoms with Gasteiger partial charge in [-0.3, -0.25) is 0 Å². The van der Waals surface area contributed by atoms with E-state index in [1.807, 2.05) is 12.1 Å². The summed E-state index contributed by atoms with van der Waals surface area (Å²) in [5.74, 6) is 0. The van der Waals surface area contributed by atoms with Gasteiger partial charge in [0, 0.05) is 23.8 Å². The Labute approximate surface area is 113 Å². The average Bonchev–Trinajstić information content (AvgIpc) is 2.56. The molecule has 1 atom stereocenters. The monoisotopic (exact) mass is 263 g/mol. The summed E-state index contributed by atoms with van der Waals surface area (Å²) in [6, 6.07) is 8.51. The maximum absolute atomic E-state index is 8.96. The summed E-state index contributed by atoms with van der Waals surface area (Å²) >= 11 is 6.00. The molecule has 0 amide bonds. The molecule has 0 aliphatic carbocycles. The number of benzene rings is 1. The number of nitrogens with zero attached hydrogens (tertiary/aromatic N) is 2. The van der Waals surface area contributed by atoms with Gasteiger partial charge in [0.25, 0.3) is 0 Å². The van der Waals surface area contributed by atoms with Gasteiger partial charge in [0.2, 0.25) is 0 Å². The van der Waals surface area contributed by atoms with E-state index in [-0.39, 0.29) is 6.04 Å². The fraction of sp³-hybridized carbons (Fsp3) is 0.500. The van der Waals surface area contributed by atoms with Gasteiger partial charge in [-0.2, -0.15) is 5.26 Å². The number of rotatable bonds is 2. The van der Waals surface area contributed by atoms with E-state index in [1.165, 1.54) is 11.3 Å². The zero-order valence-corrected chi connectivity index (χ0v) is 11.4. The Morgan fingerprint density at radius 3 is 3.11 bits per heavy atom. The van der Waals surface area contributed by atoms with Gasteiger partial charge < -0.3 is 10.2 Å². The van der Waals surface area contributed by atoms with Crippen LogP contribution in [0.25, 0.3) is 0 Å². The fourth-order valence-corrected chi connectivity index (χ4v) is 2.71. The smallest absolute Gasteiger partial charge is 0.0643 e. The normalized spacial score (nSPS) is 20.3. The number of nitriles is 1. The van der Waals surface area contributed by atoms with Crippen LogP contribution < -0.4 is 10.2 Å². The summed E-state index contributed by atoms with van der Waals surface area (Å²) < 4.78 is 0. The van der Waals surface area contributed by atoms with E-state index in [0.717, 1.165) is 31.1 Å². The Kier molecular flexibility index (Phi) is 4.46. The van der Waals surface area contributed by atoms with Crippen LogP contribution in [0.15, 0.2) is 18.2 Å². The summed E-state index contributed by atoms with van der Waals surface area (Å²) in [6.45, 7) is 4.95. The van der Waals surface area contributed by atoms with E-state index in [0.29, 0.717) is 6.42 Å². The van der Waals surface area contributed by atoms with E-state index >= 15 is 0 Å². The van der Waals surface area contributed by atoms with Crippen molar-refractivity contribution in [3.63, 3.8) is 0 Å². The van der Waals surface area contributed by atoms with Crippen LogP contribution in [-0.2, 0) is 0 Å². The molecule has 18 heavy (non-hydrogen) atoms. The SMILES string of the molecule is Cc1cc(Cl)ccc1N1CCCNCC1CC#N. The standard InChI is InChI=1S/C14H18ClN3/c1-11-9-12(15)3-4-14(11)18-8-2-7-17-10-13(18)5-6-16/h3-4,9,13,17H,2,5,7-8,10H2,1H3. The van der Waals surface area contributed by atoms with Crippen LogP contribution in [0.1, 0.15) is 18.4 Å². The van der Waals surface area contributed by atoms with Gasteiger partial charge in [-0.25, -0.2) is 0 Å². The van der Waals surface area contributed by atoms with Gasteiger partial charge in [0.05, 0.1) is 18.5 Å². The van der Waals surface area contributed by atoms with Crippen LogP contribution in [0.2, 0.25) is 5.02 Å². The highest BCUT2D eigenvalue weighted by Gasteiger charge is 2.22. The molecule has 1 aromatic carbocycles. The highest BCUT2D eigenvalue weighted by molar-refractivity contribution is 6.30. The summed E-state index contributed by atoms with van der Waals surface area (Å²) in [4.78, 5) is 2.34. The largest absolute Gasteiger partial charge is 0.366 e. The first-order valence-corrected chi connectivity index (χ1v) is 6.70. The molecule has 0 bridgehead atoms. The zero-order chi connectivity index (χ0) is 13.0. The lowest BCUT2D eigenvalue weighted by molar-refractivity contribution is 0.596. The van der Waals surface area contributed by atoms with Crippen molar-refractivity contribution in [2.24, 2.45) is 0 Å². The Morgan fingerprint density at radius 1 is 1.56 bits per heavy atom. The molecule has 2 rings (SSSR count). The average molecular weight is 264 g/mol. The Hall–Kier alpha value is -1.24. The van der Waals surface area contributed by atoms with E-state index < -0.39 is 0 Å². The van der Waals surface area contributed by atoms with Crippen LogP contribution in [0, 0.1) is 18.3 Å². The van der Waals surface area contributed by atoms with Gasteiger partial charge in [0.1, 0.15) is 0 Å². The summed E-state index contributed by atoms with van der Waals surface area (Å²) in [7, 11) is 0. The third-order valence-corrected chi connectivity index (χ3v) is 3.60. The zero-order valence-electron chi connectivity index (χ0n) is 10.6. The molecule has 4 heteroatoms. The van der Waals surface area contributed by atoms with Gasteiger partial charge in [-0.1, -0.05) is 11.6 Å². The van der Waals surface area contributed by atoms with Crippen molar-refractivity contribution >= 4 is 17.3 Å². The van der Waals surface area contributed by atoms with E-state index in [9.17, 15) is 0 Å². The van der Waals surface area contributed by atoms with Crippen molar-refractivity contribution in [1.82, 2.24) is 5.32 Å². The molecular formula is C14H18ClN3. The molecule has 3 nitrogen and oxygen atoms in total. The number of halogens is 1. The van der Waals surface area contributed by atoms with Crippen molar-refractivity contribution in [3.05, 3.63) is 28.8 Å². The summed E-state index contributed by atoms with van der Waals surface area (Å²) in [6.07, 6.45) is 1.65. The van der Waals surface area contributed by atoms with Crippen LogP contribution in [0.5, 0.6) is 0 Å². The number of nitrogens with one attached hydrogen (secondary N) is 1. The van der Waals surface area contributed by atoms with Gasteiger partial charge in [-0.05, 0) is 43.7 Å². The molecule has 1 N–H and O–H groups in total. The van der Waals surface area contributed by atoms with Crippen molar-refractivity contribution in [2.45, 2.75) is 25.8 Å². The molecule has 1 aliphatic rings. The predicted molar refractivity (Wildman–Crippen MR) is 75.0 cm³/mol. The van der Waals surface area contributed by atoms with Crippen molar-refractivity contribution in [2.75, 3.05) is 24.5 Å². The summed E-state index contributed by atoms with van der Waals surface area (Å²) in [5.41, 5.74) is 2.37. The lowest BCUT2D eigenvalue weighted by atomic mass is 10.1. The third kappa shape index (κ3) is 2.95. The highest BCUT2D eigenvalue weighted by Crippen LogP contribution is 2.26. The van der Waals surface area contributed by atoms with Crippen LogP contribution >= 0.6 is 11.6 Å². The first-order chi connectivity index (χ1) is 8.72. The second-order valence-electron chi connectivity index (χ2n) is 4.70. The van der Waals surface area contributed by atoms with E-state index in [1.54, 1.807) is 0 Å². The van der Waals surface area contributed by atoms with Gasteiger partial charge in [0.15, 0.2) is 0 Å². The molecule has 1 aromatic rings. The minimum Gasteiger partial charge on any atom is -0.366 e. The van der Waals surface area contributed by atoms with Crippen LogP contribution in [0.3, 0.4) is 0 Å². The van der Waals surface area contributed by atoms with E-state index in [2.05, 4.69) is 29.3 Å². The first-order valence-electron chi connectivity index (χ1n) is 6.33. The molecule has 1 aliphatic heterocycles. The maximum atomic E-state index is 8.96. The molecule has 1 unspecified atom stereocenters. The molecule has 1 saturated heterocycles. The predicted octanol–water partition coefficient (Wildman–Crippen LogP) is 2.73. The van der Waals surface area contributed by atoms with Crippen molar-refractivity contribution in [1.29, 1.82) is 5.26 Å². The quantitative estimate of drug-likeness (QED) is 0.892. The second kappa shape index (κ2) is 6.08. The summed E-state index contributed by atoms with van der Waals surface area (Å²) in [5, 5.41) is 13.1. The molecule has 0 spiro atoms. The number of hydrogen-bond donors (Lipinski definition) is 1. The third-order valence-electron chi connectivity index (χ3n) is 3.37. The van der Waals surface area contributed by atoms with Crippen LogP contribution in [-0.4, -0.2) is 25.7 Å². The Balaban J connectivity index is 2.29. The fourth-order valence-electron chi connectivity index (χ4n) is 2.48. The minimum absolute atomic E-state index is 0.248. The lowest BCUT2D eigenvalue weighted by Crippen LogP contribution is -2.40. The van der Waals surface area contributed by atoms with Gasteiger partial charge >= 0.3 is 0 Å². The van der Waals surface area contributed by atoms with Crippen molar-refractivity contribution in [3.8, 4) is 6.07 Å². The molecule has 1 heterocycles. The maximum Gasteiger partial charge on any atom is 0.0643 e. The van der Waals surface area contributed by atoms with E-state index in [4.69, 9.17) is 16.9 Å². The molecule has 0 aromatic heterocycles. The Bertz CT molecular complexity index is 453. The molecule has 0 radical (unpaired) electrons. The lowest BCUT2D eigenvalue weighted by Gasteiger charge is -2.31. The minimum atomic E-state index is 0.248. The van der Waals surface area contributed by atoms with Gasteiger partial charge in [-0.15, -0.1) is 0 Å². The number of hydrogen-bond acceptors (Lipinski definition) is 3. The molecular weight excluding hydrogens is 246 g/mol. The second-order valence-corrected chi connectivity index (χ2v) is 5.13. The molecule has 96 valence electrons. The molecule has 1 fully saturated rings. The van der Waals surface area contributed by atoms with Crippen LogP contribution in [0.4, 0.5) is 5.69 Å². The Morgan fingerprint density at radius 2 is 2.39 bits per heavy atom. The number of aryl methyl sites for hydroxylation is 1.